The van der Waals surface area contributed by atoms with E-state index in [1.807, 2.05) is 0 Å². The summed E-state index contributed by atoms with van der Waals surface area (Å²) >= 11 is 0. The molecular formula is C15H28N2O. The van der Waals surface area contributed by atoms with Crippen molar-refractivity contribution in [1.82, 2.24) is 5.32 Å². The number of hydrogen-bond acceptors (Lipinski definition) is 2. The van der Waals surface area contributed by atoms with E-state index in [0.29, 0.717) is 18.5 Å². The van der Waals surface area contributed by atoms with E-state index in [2.05, 4.69) is 19.2 Å². The van der Waals surface area contributed by atoms with Gasteiger partial charge >= 0.3 is 0 Å². The maximum absolute atomic E-state index is 12.6. The molecule has 104 valence electrons. The zero-order chi connectivity index (χ0) is 13.2. The van der Waals surface area contributed by atoms with Gasteiger partial charge in [0.2, 0.25) is 5.91 Å². The third-order valence-electron chi connectivity index (χ3n) is 5.46. The highest BCUT2D eigenvalue weighted by atomic mass is 16.2. The van der Waals surface area contributed by atoms with Gasteiger partial charge in [0.1, 0.15) is 0 Å². The van der Waals surface area contributed by atoms with Gasteiger partial charge < -0.3 is 11.1 Å². The van der Waals surface area contributed by atoms with Crippen LogP contribution in [0.3, 0.4) is 0 Å². The lowest BCUT2D eigenvalue weighted by atomic mass is 9.73. The number of rotatable bonds is 3. The van der Waals surface area contributed by atoms with Crippen LogP contribution in [0, 0.1) is 17.3 Å². The first-order valence-electron chi connectivity index (χ1n) is 7.60. The minimum absolute atomic E-state index is 0.232. The van der Waals surface area contributed by atoms with Gasteiger partial charge in [0, 0.05) is 12.6 Å². The van der Waals surface area contributed by atoms with Crippen LogP contribution in [-0.4, -0.2) is 18.5 Å². The van der Waals surface area contributed by atoms with Crippen molar-refractivity contribution in [2.75, 3.05) is 6.54 Å². The summed E-state index contributed by atoms with van der Waals surface area (Å²) in [4.78, 5) is 12.6. The average molecular weight is 252 g/mol. The molecule has 2 fully saturated rings. The first-order valence-corrected chi connectivity index (χ1v) is 7.60. The standard InChI is InChI=1S/C15H28N2O/c1-11-6-7-13(12(11)2)17-14(18)15(10-16)8-4-3-5-9-15/h11-13H,3-10,16H2,1-2H3,(H,17,18). The van der Waals surface area contributed by atoms with Crippen molar-refractivity contribution in [3.63, 3.8) is 0 Å². The van der Waals surface area contributed by atoms with Crippen molar-refractivity contribution < 1.29 is 4.79 Å². The van der Waals surface area contributed by atoms with Gasteiger partial charge in [-0.25, -0.2) is 0 Å². The Kier molecular flexibility index (Phi) is 4.31. The van der Waals surface area contributed by atoms with Gasteiger partial charge in [0.15, 0.2) is 0 Å². The van der Waals surface area contributed by atoms with Crippen LogP contribution in [0.25, 0.3) is 0 Å². The summed E-state index contributed by atoms with van der Waals surface area (Å²) in [5, 5.41) is 3.30. The number of carbonyl (C=O) groups is 1. The molecule has 3 unspecified atom stereocenters. The number of amides is 1. The third kappa shape index (κ3) is 2.56. The summed E-state index contributed by atoms with van der Waals surface area (Å²) in [7, 11) is 0. The number of nitrogens with two attached hydrogens (primary N) is 1. The fourth-order valence-corrected chi connectivity index (χ4v) is 3.64. The normalized spacial score (nSPS) is 35.4. The second-order valence-corrected chi connectivity index (χ2v) is 6.54. The van der Waals surface area contributed by atoms with Crippen LogP contribution in [0.1, 0.15) is 58.8 Å². The summed E-state index contributed by atoms with van der Waals surface area (Å²) in [6.45, 7) is 5.06. The van der Waals surface area contributed by atoms with Crippen molar-refractivity contribution in [2.45, 2.75) is 64.8 Å². The van der Waals surface area contributed by atoms with Crippen LogP contribution in [0.2, 0.25) is 0 Å². The Balaban J connectivity index is 1.97. The molecule has 2 aliphatic rings. The summed E-state index contributed by atoms with van der Waals surface area (Å²) in [5.41, 5.74) is 5.65. The number of nitrogens with one attached hydrogen (secondary N) is 1. The topological polar surface area (TPSA) is 55.1 Å². The molecule has 3 nitrogen and oxygen atoms in total. The Bertz CT molecular complexity index is 297. The fraction of sp³-hybridized carbons (Fsp3) is 0.933. The molecule has 1 amide bonds. The smallest absolute Gasteiger partial charge is 0.227 e. The Morgan fingerprint density at radius 3 is 2.39 bits per heavy atom. The Morgan fingerprint density at radius 1 is 1.22 bits per heavy atom. The van der Waals surface area contributed by atoms with Gasteiger partial charge in [-0.05, 0) is 37.5 Å². The predicted octanol–water partition coefficient (Wildman–Crippen LogP) is 2.45. The summed E-state index contributed by atoms with van der Waals surface area (Å²) < 4.78 is 0. The van der Waals surface area contributed by atoms with Crippen molar-refractivity contribution in [2.24, 2.45) is 23.0 Å². The summed E-state index contributed by atoms with van der Waals surface area (Å²) in [5.74, 6) is 1.57. The molecule has 18 heavy (non-hydrogen) atoms. The second kappa shape index (κ2) is 5.60. The van der Waals surface area contributed by atoms with E-state index in [1.165, 1.54) is 12.8 Å². The highest BCUT2D eigenvalue weighted by Crippen LogP contribution is 2.37. The maximum Gasteiger partial charge on any atom is 0.227 e. The first-order chi connectivity index (χ1) is 8.59. The highest BCUT2D eigenvalue weighted by molar-refractivity contribution is 5.83. The number of carbonyl (C=O) groups excluding carboxylic acids is 1. The molecule has 0 aliphatic heterocycles. The monoisotopic (exact) mass is 252 g/mol. The van der Waals surface area contributed by atoms with E-state index in [0.717, 1.165) is 38.0 Å². The van der Waals surface area contributed by atoms with Gasteiger partial charge in [0.25, 0.3) is 0 Å². The van der Waals surface area contributed by atoms with Crippen molar-refractivity contribution in [3.05, 3.63) is 0 Å². The molecule has 0 aromatic heterocycles. The van der Waals surface area contributed by atoms with E-state index >= 15 is 0 Å². The molecule has 0 bridgehead atoms. The molecule has 0 aromatic rings. The molecule has 2 saturated carbocycles. The summed E-state index contributed by atoms with van der Waals surface area (Å²) in [6, 6.07) is 0.373. The van der Waals surface area contributed by atoms with Crippen LogP contribution in [0.4, 0.5) is 0 Å². The molecule has 0 radical (unpaired) electrons. The lowest BCUT2D eigenvalue weighted by molar-refractivity contribution is -0.133. The molecular weight excluding hydrogens is 224 g/mol. The molecule has 3 heteroatoms. The molecule has 0 aromatic carbocycles. The Hall–Kier alpha value is -0.570. The quantitative estimate of drug-likeness (QED) is 0.810. The minimum atomic E-state index is -0.260. The van der Waals surface area contributed by atoms with Gasteiger partial charge in [-0.2, -0.15) is 0 Å². The van der Waals surface area contributed by atoms with Gasteiger partial charge in [-0.1, -0.05) is 33.1 Å². The molecule has 2 rings (SSSR count). The molecule has 2 aliphatic carbocycles. The van der Waals surface area contributed by atoms with E-state index in [1.54, 1.807) is 0 Å². The van der Waals surface area contributed by atoms with E-state index in [-0.39, 0.29) is 11.3 Å². The van der Waals surface area contributed by atoms with Crippen molar-refractivity contribution >= 4 is 5.91 Å². The third-order valence-corrected chi connectivity index (χ3v) is 5.46. The number of hydrogen-bond donors (Lipinski definition) is 2. The predicted molar refractivity (Wildman–Crippen MR) is 74.1 cm³/mol. The van der Waals surface area contributed by atoms with Crippen molar-refractivity contribution in [3.8, 4) is 0 Å². The molecule has 3 atom stereocenters. The first kappa shape index (κ1) is 13.9. The zero-order valence-electron chi connectivity index (χ0n) is 11.9. The SMILES string of the molecule is CC1CCC(NC(=O)C2(CN)CCCCC2)C1C. The molecule has 0 spiro atoms. The fourth-order valence-electron chi connectivity index (χ4n) is 3.64. The van der Waals surface area contributed by atoms with E-state index < -0.39 is 0 Å². The van der Waals surface area contributed by atoms with Crippen LogP contribution in [0.5, 0.6) is 0 Å². The van der Waals surface area contributed by atoms with Crippen LogP contribution >= 0.6 is 0 Å². The highest BCUT2D eigenvalue weighted by Gasteiger charge is 2.40. The van der Waals surface area contributed by atoms with Gasteiger partial charge in [0.05, 0.1) is 5.41 Å². The Morgan fingerprint density at radius 2 is 1.89 bits per heavy atom. The molecule has 0 heterocycles. The van der Waals surface area contributed by atoms with Gasteiger partial charge in [-0.3, -0.25) is 4.79 Å². The minimum Gasteiger partial charge on any atom is -0.353 e. The van der Waals surface area contributed by atoms with Crippen LogP contribution in [-0.2, 0) is 4.79 Å². The largest absolute Gasteiger partial charge is 0.353 e. The van der Waals surface area contributed by atoms with Gasteiger partial charge in [-0.15, -0.1) is 0 Å². The van der Waals surface area contributed by atoms with E-state index in [9.17, 15) is 4.79 Å². The molecule has 0 saturated heterocycles. The van der Waals surface area contributed by atoms with E-state index in [4.69, 9.17) is 5.73 Å². The zero-order valence-corrected chi connectivity index (χ0v) is 11.9. The Labute approximate surface area is 111 Å². The maximum atomic E-state index is 12.6. The van der Waals surface area contributed by atoms with Crippen LogP contribution < -0.4 is 11.1 Å². The lowest BCUT2D eigenvalue weighted by Crippen LogP contribution is -2.51. The molecule has 3 N–H and O–H groups in total. The average Bonchev–Trinajstić information content (AvgIpc) is 2.71. The second-order valence-electron chi connectivity index (χ2n) is 6.54. The summed E-state index contributed by atoms with van der Waals surface area (Å²) in [6.07, 6.45) is 7.89. The lowest BCUT2D eigenvalue weighted by Gasteiger charge is -2.36. The van der Waals surface area contributed by atoms with Crippen LogP contribution in [0.15, 0.2) is 0 Å². The van der Waals surface area contributed by atoms with Crippen molar-refractivity contribution in [1.29, 1.82) is 0 Å².